The number of esters is 3. The molecule has 0 saturated heterocycles. The fourth-order valence-corrected chi connectivity index (χ4v) is 8.88. The van der Waals surface area contributed by atoms with Gasteiger partial charge in [0.05, 0.1) is 19.8 Å². The van der Waals surface area contributed by atoms with Crippen molar-refractivity contribution in [3.63, 3.8) is 0 Å². The summed E-state index contributed by atoms with van der Waals surface area (Å²) in [6, 6.07) is 0. The van der Waals surface area contributed by atoms with Crippen molar-refractivity contribution in [1.29, 1.82) is 0 Å². The molecule has 0 rings (SSSR count). The average molecular weight is 1060 g/mol. The lowest BCUT2D eigenvalue weighted by molar-refractivity contribution is -0.161. The van der Waals surface area contributed by atoms with E-state index in [2.05, 4.69) is 81.5 Å². The van der Waals surface area contributed by atoms with Gasteiger partial charge in [0.1, 0.15) is 12.7 Å². The third-order valence-electron chi connectivity index (χ3n) is 12.6. The Morgan fingerprint density at radius 3 is 1.15 bits per heavy atom. The molecule has 3 unspecified atom stereocenters. The maximum atomic E-state index is 12.9. The Kier molecular flexibility index (Phi) is 53.8. The molecule has 0 radical (unpaired) electrons. The standard InChI is InChI=1S/C62H109O11P/c1-4-7-10-13-16-19-22-24-26-28-29-31-32-34-37-39-42-45-48-51-60(64)69-55-59(73-62(66)53-50-47-44-41-38-35-33-30-27-25-23-20-17-14-11-8-5-2)57-71-74(67,68)70-56-58(54-63)72-61(65)52-49-46-43-40-36-21-18-15-12-9-6-3/h8,11,17,20,24-27,33,35,41,44,58-59,63H,4-7,9-10,12-16,18-19,21-23,28-32,34,36-40,42-43,45-57H2,1-3H3,(H,67,68)/b11-8-,20-17-,26-24-,27-25-,35-33-,44-41-. The van der Waals surface area contributed by atoms with Crippen molar-refractivity contribution in [2.45, 2.75) is 277 Å². The van der Waals surface area contributed by atoms with Gasteiger partial charge in [-0.3, -0.25) is 23.4 Å². The van der Waals surface area contributed by atoms with Crippen molar-refractivity contribution in [1.82, 2.24) is 0 Å². The van der Waals surface area contributed by atoms with Gasteiger partial charge in [-0.1, -0.05) is 235 Å². The van der Waals surface area contributed by atoms with E-state index in [-0.39, 0.29) is 25.9 Å². The zero-order valence-corrected chi connectivity index (χ0v) is 48.2. The van der Waals surface area contributed by atoms with Gasteiger partial charge in [0.25, 0.3) is 0 Å². The number of rotatable bonds is 55. The molecule has 0 fully saturated rings. The van der Waals surface area contributed by atoms with Crippen LogP contribution in [-0.2, 0) is 42.2 Å². The Morgan fingerprint density at radius 2 is 0.716 bits per heavy atom. The third-order valence-corrected chi connectivity index (χ3v) is 13.6. The molecule has 12 heteroatoms. The molecule has 428 valence electrons. The number of unbranched alkanes of at least 4 members (excludes halogenated alkanes) is 26. The van der Waals surface area contributed by atoms with Crippen LogP contribution in [0.2, 0.25) is 0 Å². The molecule has 0 heterocycles. The van der Waals surface area contributed by atoms with Crippen molar-refractivity contribution >= 4 is 25.7 Å². The van der Waals surface area contributed by atoms with Crippen LogP contribution in [0.5, 0.6) is 0 Å². The van der Waals surface area contributed by atoms with Crippen LogP contribution in [0.25, 0.3) is 0 Å². The number of hydrogen-bond acceptors (Lipinski definition) is 10. The first kappa shape index (κ1) is 70.9. The maximum Gasteiger partial charge on any atom is 0.472 e. The predicted molar refractivity (Wildman–Crippen MR) is 307 cm³/mol. The highest BCUT2D eigenvalue weighted by atomic mass is 31.2. The van der Waals surface area contributed by atoms with E-state index in [1.54, 1.807) is 0 Å². The van der Waals surface area contributed by atoms with E-state index in [0.29, 0.717) is 25.7 Å². The van der Waals surface area contributed by atoms with E-state index in [1.807, 2.05) is 12.2 Å². The molecule has 0 aliphatic heterocycles. The highest BCUT2D eigenvalue weighted by Gasteiger charge is 2.28. The second kappa shape index (κ2) is 56.1. The van der Waals surface area contributed by atoms with Gasteiger partial charge in [-0.2, -0.15) is 0 Å². The molecule has 3 atom stereocenters. The van der Waals surface area contributed by atoms with Gasteiger partial charge in [0.2, 0.25) is 0 Å². The molecule has 74 heavy (non-hydrogen) atoms. The van der Waals surface area contributed by atoms with Crippen LogP contribution in [0.3, 0.4) is 0 Å². The van der Waals surface area contributed by atoms with Crippen molar-refractivity contribution in [2.75, 3.05) is 26.4 Å². The van der Waals surface area contributed by atoms with Crippen molar-refractivity contribution in [3.8, 4) is 0 Å². The first-order valence-corrected chi connectivity index (χ1v) is 31.3. The number of aliphatic hydroxyl groups is 1. The maximum absolute atomic E-state index is 12.9. The lowest BCUT2D eigenvalue weighted by Crippen LogP contribution is -2.30. The molecule has 0 saturated carbocycles. The Labute approximate surface area is 452 Å². The van der Waals surface area contributed by atoms with Gasteiger partial charge in [-0.25, -0.2) is 4.57 Å². The summed E-state index contributed by atoms with van der Waals surface area (Å²) in [4.78, 5) is 48.5. The van der Waals surface area contributed by atoms with Crippen LogP contribution in [0.1, 0.15) is 265 Å². The number of phosphoric ester groups is 1. The lowest BCUT2D eigenvalue weighted by atomic mass is 10.1. The summed E-state index contributed by atoms with van der Waals surface area (Å²) < 4.78 is 39.5. The second-order valence-electron chi connectivity index (χ2n) is 19.8. The first-order chi connectivity index (χ1) is 36.2. The summed E-state index contributed by atoms with van der Waals surface area (Å²) in [6.07, 6.45) is 63.0. The molecule has 0 aliphatic rings. The fraction of sp³-hybridized carbons (Fsp3) is 0.758. The van der Waals surface area contributed by atoms with Crippen LogP contribution in [-0.4, -0.2) is 66.5 Å². The van der Waals surface area contributed by atoms with Crippen LogP contribution in [0.4, 0.5) is 0 Å². The lowest BCUT2D eigenvalue weighted by Gasteiger charge is -2.21. The normalized spacial score (nSPS) is 13.9. The quantitative estimate of drug-likeness (QED) is 0.0197. The fourth-order valence-electron chi connectivity index (χ4n) is 8.09. The first-order valence-electron chi connectivity index (χ1n) is 29.8. The molecule has 2 N–H and O–H groups in total. The van der Waals surface area contributed by atoms with Crippen LogP contribution in [0.15, 0.2) is 72.9 Å². The minimum atomic E-state index is -4.76. The molecular weight excluding hydrogens is 952 g/mol. The largest absolute Gasteiger partial charge is 0.472 e. The predicted octanol–water partition coefficient (Wildman–Crippen LogP) is 17.7. The number of carbonyl (C=O) groups excluding carboxylic acids is 3. The molecule has 11 nitrogen and oxygen atoms in total. The summed E-state index contributed by atoms with van der Waals surface area (Å²) in [5.41, 5.74) is 0. The average Bonchev–Trinajstić information content (AvgIpc) is 3.39. The number of carbonyl (C=O) groups is 3. The number of hydrogen-bond donors (Lipinski definition) is 2. The summed E-state index contributed by atoms with van der Waals surface area (Å²) in [5, 5.41) is 9.80. The summed E-state index contributed by atoms with van der Waals surface area (Å²) >= 11 is 0. The molecule has 0 spiro atoms. The molecule has 0 aromatic carbocycles. The van der Waals surface area contributed by atoms with E-state index in [0.717, 1.165) is 70.6 Å². The van der Waals surface area contributed by atoms with Gasteiger partial charge in [0.15, 0.2) is 6.10 Å². The van der Waals surface area contributed by atoms with E-state index < -0.39 is 57.8 Å². The number of ether oxygens (including phenoxy) is 3. The molecule has 0 bridgehead atoms. The zero-order valence-electron chi connectivity index (χ0n) is 47.3. The van der Waals surface area contributed by atoms with Gasteiger partial charge in [-0.05, 0) is 83.5 Å². The highest BCUT2D eigenvalue weighted by Crippen LogP contribution is 2.43. The van der Waals surface area contributed by atoms with Crippen molar-refractivity contribution < 1.29 is 52.2 Å². The van der Waals surface area contributed by atoms with Gasteiger partial charge >= 0.3 is 25.7 Å². The van der Waals surface area contributed by atoms with E-state index in [4.69, 9.17) is 23.3 Å². The summed E-state index contributed by atoms with van der Waals surface area (Å²) in [5.74, 6) is -1.53. The SMILES string of the molecule is CC/C=C\C/C=C\C/C=C\C/C=C\C/C=C\CCCC(=O)OC(COC(=O)CCCCCCCCCCC/C=C\CCCCCCCC)COP(=O)(O)OCC(CO)OC(=O)CCCCCCCCCCCCC. The van der Waals surface area contributed by atoms with Crippen molar-refractivity contribution in [2.24, 2.45) is 0 Å². The Balaban J connectivity index is 4.78. The number of phosphoric acid groups is 1. The Hall–Kier alpha value is -3.08. The highest BCUT2D eigenvalue weighted by molar-refractivity contribution is 7.47. The van der Waals surface area contributed by atoms with E-state index in [1.165, 1.54) is 128 Å². The monoisotopic (exact) mass is 1060 g/mol. The van der Waals surface area contributed by atoms with Gasteiger partial charge in [0, 0.05) is 19.3 Å². The van der Waals surface area contributed by atoms with Gasteiger partial charge in [-0.15, -0.1) is 0 Å². The van der Waals surface area contributed by atoms with E-state index >= 15 is 0 Å². The minimum Gasteiger partial charge on any atom is -0.462 e. The molecule has 0 aromatic rings. The van der Waals surface area contributed by atoms with Crippen molar-refractivity contribution in [3.05, 3.63) is 72.9 Å². The Bertz CT molecular complexity index is 1520. The minimum absolute atomic E-state index is 0.0888. The smallest absolute Gasteiger partial charge is 0.462 e. The molecule has 0 aromatic heterocycles. The zero-order chi connectivity index (χ0) is 54.1. The van der Waals surface area contributed by atoms with E-state index in [9.17, 15) is 28.9 Å². The summed E-state index contributed by atoms with van der Waals surface area (Å²) in [7, 11) is -4.76. The van der Waals surface area contributed by atoms with Crippen LogP contribution < -0.4 is 0 Å². The topological polar surface area (TPSA) is 155 Å². The van der Waals surface area contributed by atoms with Crippen LogP contribution >= 0.6 is 7.82 Å². The van der Waals surface area contributed by atoms with Gasteiger partial charge < -0.3 is 24.2 Å². The second-order valence-corrected chi connectivity index (χ2v) is 21.2. The van der Waals surface area contributed by atoms with Crippen LogP contribution in [0, 0.1) is 0 Å². The molecule has 0 amide bonds. The number of allylic oxidation sites excluding steroid dienone is 12. The third kappa shape index (κ3) is 53.7. The summed E-state index contributed by atoms with van der Waals surface area (Å²) in [6.45, 7) is 4.47. The number of aliphatic hydroxyl groups excluding tert-OH is 1. The Morgan fingerprint density at radius 1 is 0.392 bits per heavy atom. The molecular formula is C62H109O11P. The molecule has 0 aliphatic carbocycles.